The van der Waals surface area contributed by atoms with Gasteiger partial charge in [-0.05, 0) is 56.1 Å². The summed E-state index contributed by atoms with van der Waals surface area (Å²) in [6, 6.07) is 5.13. The molecule has 0 aliphatic carbocycles. The number of nitrogens with one attached hydrogen (secondary N) is 1. The van der Waals surface area contributed by atoms with Crippen molar-refractivity contribution in [1.29, 1.82) is 0 Å². The molecule has 1 aromatic rings. The summed E-state index contributed by atoms with van der Waals surface area (Å²) in [6.07, 6.45) is 1.93. The minimum atomic E-state index is -3.46. The molecule has 0 saturated carbocycles. The van der Waals surface area contributed by atoms with E-state index in [4.69, 9.17) is 5.73 Å². The van der Waals surface area contributed by atoms with Crippen LogP contribution >= 0.6 is 0 Å². The van der Waals surface area contributed by atoms with E-state index >= 15 is 0 Å². The van der Waals surface area contributed by atoms with E-state index in [1.165, 1.54) is 0 Å². The number of rotatable bonds is 5. The van der Waals surface area contributed by atoms with Gasteiger partial charge in [0, 0.05) is 19.1 Å². The first-order valence-electron chi connectivity index (χ1n) is 7.50. The molecular formula is C15H25N3O2S. The van der Waals surface area contributed by atoms with Gasteiger partial charge in [-0.15, -0.1) is 0 Å². The average molecular weight is 311 g/mol. The Bertz CT molecular complexity index is 587. The second kappa shape index (κ2) is 6.87. The standard InChI is InChI=1S/C15H25N3O2S/c1-3-18-8-4-5-14(11-18)17-21(19,20)15-7-6-13(10-16)12(2)9-15/h6-7,9,14,17H,3-5,8,10-11,16H2,1-2H3. The molecule has 0 amide bonds. The monoisotopic (exact) mass is 311 g/mol. The highest BCUT2D eigenvalue weighted by Gasteiger charge is 2.24. The third-order valence-corrected chi connectivity index (χ3v) is 5.64. The summed E-state index contributed by atoms with van der Waals surface area (Å²) >= 11 is 0. The molecule has 6 heteroatoms. The smallest absolute Gasteiger partial charge is 0.240 e. The van der Waals surface area contributed by atoms with Crippen LogP contribution in [0.25, 0.3) is 0 Å². The first-order valence-corrected chi connectivity index (χ1v) is 8.99. The van der Waals surface area contributed by atoms with Crippen LogP contribution in [0.5, 0.6) is 0 Å². The maximum atomic E-state index is 12.5. The molecule has 5 nitrogen and oxygen atoms in total. The van der Waals surface area contributed by atoms with Crippen molar-refractivity contribution in [3.8, 4) is 0 Å². The third kappa shape index (κ3) is 4.03. The zero-order chi connectivity index (χ0) is 15.5. The number of nitrogens with zero attached hydrogens (tertiary/aromatic N) is 1. The van der Waals surface area contributed by atoms with Gasteiger partial charge >= 0.3 is 0 Å². The van der Waals surface area contributed by atoms with E-state index in [0.717, 1.165) is 43.6 Å². The predicted molar refractivity (Wildman–Crippen MR) is 84.5 cm³/mol. The highest BCUT2D eigenvalue weighted by Crippen LogP contribution is 2.17. The van der Waals surface area contributed by atoms with Crippen LogP contribution < -0.4 is 10.5 Å². The molecule has 0 spiro atoms. The van der Waals surface area contributed by atoms with E-state index in [0.29, 0.717) is 11.4 Å². The zero-order valence-corrected chi connectivity index (χ0v) is 13.6. The Hall–Kier alpha value is -0.950. The lowest BCUT2D eigenvalue weighted by molar-refractivity contribution is 0.211. The summed E-state index contributed by atoms with van der Waals surface area (Å²) in [5.41, 5.74) is 7.51. The van der Waals surface area contributed by atoms with Crippen molar-refractivity contribution < 1.29 is 8.42 Å². The van der Waals surface area contributed by atoms with Crippen molar-refractivity contribution in [3.05, 3.63) is 29.3 Å². The van der Waals surface area contributed by atoms with Crippen molar-refractivity contribution in [3.63, 3.8) is 0 Å². The van der Waals surface area contributed by atoms with Gasteiger partial charge in [0.2, 0.25) is 10.0 Å². The molecule has 1 atom stereocenters. The molecule has 0 aromatic heterocycles. The first-order chi connectivity index (χ1) is 9.96. The number of aryl methyl sites for hydroxylation is 1. The van der Waals surface area contributed by atoms with Crippen LogP contribution in [-0.2, 0) is 16.6 Å². The quantitative estimate of drug-likeness (QED) is 0.857. The van der Waals surface area contributed by atoms with Crippen LogP contribution in [0.1, 0.15) is 30.9 Å². The number of nitrogens with two attached hydrogens (primary N) is 1. The van der Waals surface area contributed by atoms with Gasteiger partial charge in [-0.3, -0.25) is 0 Å². The SMILES string of the molecule is CCN1CCCC(NS(=O)(=O)c2ccc(CN)c(C)c2)C1. The Kier molecular flexibility index (Phi) is 5.37. The number of piperidine rings is 1. The fourth-order valence-electron chi connectivity index (χ4n) is 2.79. The van der Waals surface area contributed by atoms with E-state index in [2.05, 4.69) is 16.5 Å². The highest BCUT2D eigenvalue weighted by atomic mass is 32.2. The van der Waals surface area contributed by atoms with Crippen LogP contribution in [-0.4, -0.2) is 39.0 Å². The van der Waals surface area contributed by atoms with Crippen LogP contribution in [0.15, 0.2) is 23.1 Å². The maximum Gasteiger partial charge on any atom is 0.240 e. The second-order valence-corrected chi connectivity index (χ2v) is 7.36. The van der Waals surface area contributed by atoms with E-state index in [9.17, 15) is 8.42 Å². The molecular weight excluding hydrogens is 286 g/mol. The van der Waals surface area contributed by atoms with E-state index in [1.54, 1.807) is 18.2 Å². The second-order valence-electron chi connectivity index (χ2n) is 5.65. The Morgan fingerprint density at radius 3 is 2.81 bits per heavy atom. The Morgan fingerprint density at radius 1 is 1.43 bits per heavy atom. The fraction of sp³-hybridized carbons (Fsp3) is 0.600. The molecule has 1 heterocycles. The Labute approximate surface area is 127 Å². The molecule has 2 rings (SSSR count). The molecule has 0 bridgehead atoms. The number of hydrogen-bond donors (Lipinski definition) is 2. The lowest BCUT2D eigenvalue weighted by Crippen LogP contribution is -2.47. The molecule has 1 saturated heterocycles. The summed E-state index contributed by atoms with van der Waals surface area (Å²) < 4.78 is 27.8. The summed E-state index contributed by atoms with van der Waals surface area (Å²) in [4.78, 5) is 2.60. The van der Waals surface area contributed by atoms with Gasteiger partial charge in [0.25, 0.3) is 0 Å². The molecule has 21 heavy (non-hydrogen) atoms. The van der Waals surface area contributed by atoms with E-state index in [-0.39, 0.29) is 6.04 Å². The summed E-state index contributed by atoms with van der Waals surface area (Å²) in [5, 5.41) is 0. The van der Waals surface area contributed by atoms with Crippen molar-refractivity contribution >= 4 is 10.0 Å². The lowest BCUT2D eigenvalue weighted by Gasteiger charge is -2.32. The van der Waals surface area contributed by atoms with Crippen molar-refractivity contribution in [1.82, 2.24) is 9.62 Å². The molecule has 0 radical (unpaired) electrons. The van der Waals surface area contributed by atoms with Crippen molar-refractivity contribution in [2.45, 2.75) is 44.2 Å². The van der Waals surface area contributed by atoms with Gasteiger partial charge < -0.3 is 10.6 Å². The summed E-state index contributed by atoms with van der Waals surface area (Å²) in [5.74, 6) is 0. The van der Waals surface area contributed by atoms with Gasteiger partial charge in [0.15, 0.2) is 0 Å². The lowest BCUT2D eigenvalue weighted by atomic mass is 10.1. The normalized spacial score (nSPS) is 20.6. The Morgan fingerprint density at radius 2 is 2.19 bits per heavy atom. The zero-order valence-electron chi connectivity index (χ0n) is 12.8. The first kappa shape index (κ1) is 16.4. The molecule has 118 valence electrons. The average Bonchev–Trinajstić information content (AvgIpc) is 2.47. The van der Waals surface area contributed by atoms with E-state index in [1.807, 2.05) is 6.92 Å². The van der Waals surface area contributed by atoms with Gasteiger partial charge in [-0.2, -0.15) is 0 Å². The summed E-state index contributed by atoms with van der Waals surface area (Å²) in [6.45, 7) is 7.22. The van der Waals surface area contributed by atoms with Gasteiger partial charge in [-0.25, -0.2) is 13.1 Å². The third-order valence-electron chi connectivity index (χ3n) is 4.12. The summed E-state index contributed by atoms with van der Waals surface area (Å²) in [7, 11) is -3.46. The van der Waals surface area contributed by atoms with Gasteiger partial charge in [0.05, 0.1) is 4.90 Å². The van der Waals surface area contributed by atoms with Gasteiger partial charge in [0.1, 0.15) is 0 Å². The number of hydrogen-bond acceptors (Lipinski definition) is 4. The van der Waals surface area contributed by atoms with Crippen molar-refractivity contribution in [2.75, 3.05) is 19.6 Å². The topological polar surface area (TPSA) is 75.4 Å². The Balaban J connectivity index is 2.13. The molecule has 1 aromatic carbocycles. The molecule has 1 unspecified atom stereocenters. The van der Waals surface area contributed by atoms with Gasteiger partial charge in [-0.1, -0.05) is 13.0 Å². The van der Waals surface area contributed by atoms with Crippen LogP contribution in [0, 0.1) is 6.92 Å². The molecule has 3 N–H and O–H groups in total. The molecule has 1 aliphatic rings. The number of likely N-dealkylation sites (N-methyl/N-ethyl adjacent to an activating group) is 1. The van der Waals surface area contributed by atoms with Crippen LogP contribution in [0.2, 0.25) is 0 Å². The fourth-order valence-corrected chi connectivity index (χ4v) is 4.14. The molecule has 1 fully saturated rings. The number of sulfonamides is 1. The van der Waals surface area contributed by atoms with E-state index < -0.39 is 10.0 Å². The number of likely N-dealkylation sites (tertiary alicyclic amines) is 1. The van der Waals surface area contributed by atoms with Crippen LogP contribution in [0.4, 0.5) is 0 Å². The van der Waals surface area contributed by atoms with Crippen molar-refractivity contribution in [2.24, 2.45) is 5.73 Å². The number of benzene rings is 1. The largest absolute Gasteiger partial charge is 0.326 e. The molecule has 1 aliphatic heterocycles. The maximum absolute atomic E-state index is 12.5. The minimum absolute atomic E-state index is 0.00167. The predicted octanol–water partition coefficient (Wildman–Crippen LogP) is 1.22. The highest BCUT2D eigenvalue weighted by molar-refractivity contribution is 7.89. The van der Waals surface area contributed by atoms with Crippen LogP contribution in [0.3, 0.4) is 0 Å². The minimum Gasteiger partial charge on any atom is -0.326 e.